The van der Waals surface area contributed by atoms with Crippen molar-refractivity contribution in [2.75, 3.05) is 22.3 Å². The number of rotatable bonds is 5. The Morgan fingerprint density at radius 1 is 1.48 bits per heavy atom. The fourth-order valence-electron chi connectivity index (χ4n) is 1.38. The van der Waals surface area contributed by atoms with Gasteiger partial charge in [0.05, 0.1) is 11.4 Å². The van der Waals surface area contributed by atoms with E-state index in [9.17, 15) is 9.18 Å². The Morgan fingerprint density at radius 3 is 2.86 bits per heavy atom. The number of benzene rings is 1. The monoisotopic (exact) mass is 331 g/mol. The maximum atomic E-state index is 13.5. The quantitative estimate of drug-likeness (QED) is 0.363. The van der Waals surface area contributed by atoms with Gasteiger partial charge in [-0.05, 0) is 18.2 Å². The van der Waals surface area contributed by atoms with E-state index in [0.717, 1.165) is 22.5 Å². The summed E-state index contributed by atoms with van der Waals surface area (Å²) in [5, 5.41) is 10.3. The average molecular weight is 332 g/mol. The van der Waals surface area contributed by atoms with Crippen LogP contribution in [-0.2, 0) is 4.79 Å². The minimum atomic E-state index is -0.613. The maximum Gasteiger partial charge on any atom is 0.258 e. The number of nitrogens with one attached hydrogen (secondary N) is 2. The number of hydrazine groups is 1. The van der Waals surface area contributed by atoms with E-state index >= 15 is 0 Å². The topological polar surface area (TPSA) is 124 Å². The van der Waals surface area contributed by atoms with Gasteiger partial charge in [0.15, 0.2) is 0 Å². The van der Waals surface area contributed by atoms with Gasteiger partial charge in [0.2, 0.25) is 11.1 Å². The number of aromatic nitrogens is 3. The second-order valence-electron chi connectivity index (χ2n) is 3.78. The van der Waals surface area contributed by atoms with Crippen molar-refractivity contribution in [3.8, 4) is 0 Å². The molecule has 8 nitrogen and oxygen atoms in total. The fraction of sp³-hybridized carbons (Fsp3) is 0.100. The molecule has 1 heterocycles. The Kier molecular flexibility index (Phi) is 4.83. The van der Waals surface area contributed by atoms with Crippen LogP contribution >= 0.6 is 23.4 Å². The number of carbonyl (C=O) groups excluding carboxylic acids is 1. The van der Waals surface area contributed by atoms with Gasteiger partial charge in [-0.25, -0.2) is 14.9 Å². The third-order valence-electron chi connectivity index (χ3n) is 2.33. The molecule has 0 aliphatic heterocycles. The number of thioether (sulfide) groups is 1. The fourth-order valence-corrected chi connectivity index (χ4v) is 2.20. The molecule has 0 spiro atoms. The Hall–Kier alpha value is -2.04. The van der Waals surface area contributed by atoms with E-state index in [4.69, 9.17) is 23.3 Å². The Morgan fingerprint density at radius 2 is 2.24 bits per heavy atom. The summed E-state index contributed by atoms with van der Waals surface area (Å²) >= 11 is 6.65. The summed E-state index contributed by atoms with van der Waals surface area (Å²) in [6.45, 7) is 0. The molecule has 2 aromatic rings. The minimum absolute atomic E-state index is 0.0258. The van der Waals surface area contributed by atoms with Crippen LogP contribution in [0.1, 0.15) is 0 Å². The number of hydrogen-bond donors (Lipinski definition) is 4. The van der Waals surface area contributed by atoms with E-state index in [-0.39, 0.29) is 27.6 Å². The average Bonchev–Trinajstić information content (AvgIpc) is 2.80. The molecule has 112 valence electrons. The van der Waals surface area contributed by atoms with Crippen molar-refractivity contribution >= 4 is 40.9 Å². The van der Waals surface area contributed by atoms with Gasteiger partial charge in [-0.15, -0.1) is 10.2 Å². The van der Waals surface area contributed by atoms with Crippen LogP contribution in [0.2, 0.25) is 5.02 Å². The molecule has 0 unspecified atom stereocenters. The first-order chi connectivity index (χ1) is 10.0. The molecule has 0 aliphatic carbocycles. The van der Waals surface area contributed by atoms with Crippen LogP contribution in [0, 0.1) is 5.82 Å². The normalized spacial score (nSPS) is 10.4. The smallest absolute Gasteiger partial charge is 0.258 e. The number of nitrogen functional groups attached to an aromatic ring is 2. The Labute approximate surface area is 128 Å². The summed E-state index contributed by atoms with van der Waals surface area (Å²) in [4.78, 5) is 11.7. The molecule has 0 aliphatic rings. The molecule has 1 aromatic heterocycles. The molecule has 1 aromatic carbocycles. The summed E-state index contributed by atoms with van der Waals surface area (Å²) in [5.74, 6) is 9.86. The highest BCUT2D eigenvalue weighted by atomic mass is 35.5. The van der Waals surface area contributed by atoms with Crippen LogP contribution in [0.15, 0.2) is 23.4 Å². The van der Waals surface area contributed by atoms with Gasteiger partial charge in [-0.2, -0.15) is 0 Å². The second-order valence-corrected chi connectivity index (χ2v) is 5.16. The number of amides is 1. The summed E-state index contributed by atoms with van der Waals surface area (Å²) < 4.78 is 14.6. The van der Waals surface area contributed by atoms with Crippen molar-refractivity contribution in [3.63, 3.8) is 0 Å². The molecular weight excluding hydrogens is 321 g/mol. The molecule has 0 saturated heterocycles. The lowest BCUT2D eigenvalue weighted by atomic mass is 10.3. The van der Waals surface area contributed by atoms with Crippen LogP contribution in [0.4, 0.5) is 16.0 Å². The van der Waals surface area contributed by atoms with Gasteiger partial charge in [0, 0.05) is 5.02 Å². The first-order valence-corrected chi connectivity index (χ1v) is 6.92. The third-order valence-corrected chi connectivity index (χ3v) is 3.51. The molecule has 1 amide bonds. The Bertz CT molecular complexity index is 665. The standard InChI is InChI=1S/C10H11ClFN7OS/c11-5-1-2-7(6(12)3-5)15-8(20)4-21-10-18-17-9(16-13)19(10)14/h1-3H,4,13-14H2,(H,15,20)(H,16,17). The van der Waals surface area contributed by atoms with E-state index in [2.05, 4.69) is 20.9 Å². The van der Waals surface area contributed by atoms with Crippen LogP contribution in [0.5, 0.6) is 0 Å². The number of anilines is 2. The largest absolute Gasteiger partial charge is 0.334 e. The zero-order chi connectivity index (χ0) is 15.4. The van der Waals surface area contributed by atoms with Crippen molar-refractivity contribution in [3.05, 3.63) is 29.0 Å². The highest BCUT2D eigenvalue weighted by molar-refractivity contribution is 7.99. The lowest BCUT2D eigenvalue weighted by Crippen LogP contribution is -2.19. The first kappa shape index (κ1) is 15.4. The summed E-state index contributed by atoms with van der Waals surface area (Å²) in [5.41, 5.74) is 2.29. The van der Waals surface area contributed by atoms with Gasteiger partial charge in [-0.1, -0.05) is 23.4 Å². The lowest BCUT2D eigenvalue weighted by Gasteiger charge is -2.06. The van der Waals surface area contributed by atoms with Gasteiger partial charge >= 0.3 is 0 Å². The predicted molar refractivity (Wildman–Crippen MR) is 78.7 cm³/mol. The molecule has 0 atom stereocenters. The molecule has 2 rings (SSSR count). The molecule has 0 saturated carbocycles. The van der Waals surface area contributed by atoms with Crippen molar-refractivity contribution in [1.82, 2.24) is 14.9 Å². The van der Waals surface area contributed by atoms with Crippen LogP contribution < -0.4 is 22.4 Å². The zero-order valence-electron chi connectivity index (χ0n) is 10.5. The highest BCUT2D eigenvalue weighted by Crippen LogP contribution is 2.20. The summed E-state index contributed by atoms with van der Waals surface area (Å²) in [7, 11) is 0. The number of nitrogens with two attached hydrogens (primary N) is 2. The second kappa shape index (κ2) is 6.61. The van der Waals surface area contributed by atoms with Crippen molar-refractivity contribution < 1.29 is 9.18 Å². The highest BCUT2D eigenvalue weighted by Gasteiger charge is 2.12. The van der Waals surface area contributed by atoms with E-state index in [0.29, 0.717) is 0 Å². The van der Waals surface area contributed by atoms with Gasteiger partial charge < -0.3 is 11.2 Å². The van der Waals surface area contributed by atoms with E-state index in [1.807, 2.05) is 0 Å². The molecule has 11 heteroatoms. The maximum absolute atomic E-state index is 13.5. The van der Waals surface area contributed by atoms with Gasteiger partial charge in [0.25, 0.3) is 5.95 Å². The zero-order valence-corrected chi connectivity index (χ0v) is 12.1. The molecule has 21 heavy (non-hydrogen) atoms. The van der Waals surface area contributed by atoms with Gasteiger partial charge in [-0.3, -0.25) is 10.2 Å². The van der Waals surface area contributed by atoms with E-state index < -0.39 is 11.7 Å². The number of nitrogens with zero attached hydrogens (tertiary/aromatic N) is 3. The number of hydrogen-bond acceptors (Lipinski definition) is 7. The first-order valence-electron chi connectivity index (χ1n) is 5.56. The SMILES string of the molecule is NNc1nnc(SCC(=O)Nc2ccc(Cl)cc2F)n1N. The van der Waals surface area contributed by atoms with E-state index in [1.165, 1.54) is 12.1 Å². The molecule has 0 radical (unpaired) electrons. The molecule has 0 fully saturated rings. The lowest BCUT2D eigenvalue weighted by molar-refractivity contribution is -0.113. The predicted octanol–water partition coefficient (Wildman–Crippen LogP) is 0.801. The Balaban J connectivity index is 1.94. The summed E-state index contributed by atoms with van der Waals surface area (Å²) in [6, 6.07) is 3.96. The molecular formula is C10H11ClFN7OS. The van der Waals surface area contributed by atoms with Crippen molar-refractivity contribution in [2.45, 2.75) is 5.16 Å². The number of carbonyl (C=O) groups is 1. The molecule has 0 bridgehead atoms. The van der Waals surface area contributed by atoms with E-state index in [1.54, 1.807) is 0 Å². The van der Waals surface area contributed by atoms with Crippen LogP contribution in [0.3, 0.4) is 0 Å². The molecule has 6 N–H and O–H groups in total. The third kappa shape index (κ3) is 3.74. The van der Waals surface area contributed by atoms with Gasteiger partial charge in [0.1, 0.15) is 5.82 Å². The summed E-state index contributed by atoms with van der Waals surface area (Å²) in [6.07, 6.45) is 0. The minimum Gasteiger partial charge on any atom is -0.334 e. The van der Waals surface area contributed by atoms with Crippen molar-refractivity contribution in [1.29, 1.82) is 0 Å². The van der Waals surface area contributed by atoms with Crippen LogP contribution in [-0.4, -0.2) is 26.5 Å². The van der Waals surface area contributed by atoms with Crippen LogP contribution in [0.25, 0.3) is 0 Å². The van der Waals surface area contributed by atoms with Crippen molar-refractivity contribution in [2.24, 2.45) is 5.84 Å². The number of halogens is 2.